The Kier molecular flexibility index (Phi) is 2.92. The van der Waals surface area contributed by atoms with Gasteiger partial charge in [0, 0.05) is 6.08 Å². The fourth-order valence-corrected chi connectivity index (χ4v) is 1.39. The van der Waals surface area contributed by atoms with Crippen LogP contribution in [0.4, 0.5) is 0 Å². The normalized spacial score (nSPS) is 18.9. The minimum absolute atomic E-state index is 1.15. The van der Waals surface area contributed by atoms with Gasteiger partial charge >= 0.3 is 0 Å². The summed E-state index contributed by atoms with van der Waals surface area (Å²) in [5, 5.41) is 8.41. The molecule has 0 unspecified atom stereocenters. The number of allylic oxidation sites excluding steroid dienone is 4. The van der Waals surface area contributed by atoms with Crippen LogP contribution in [0, 0.1) is 11.3 Å². The molecule has 0 heterocycles. The zero-order chi connectivity index (χ0) is 8.10. The maximum Gasteiger partial charge on any atom is 0.0914 e. The van der Waals surface area contributed by atoms with E-state index in [-0.39, 0.29) is 0 Å². The summed E-state index contributed by atoms with van der Waals surface area (Å²) in [7, 11) is 0. The van der Waals surface area contributed by atoms with Crippen LogP contribution in [0.3, 0.4) is 0 Å². The second-order valence-electron chi connectivity index (χ2n) is 2.93. The van der Waals surface area contributed by atoms with Crippen molar-refractivity contribution in [3.8, 4) is 6.07 Å². The second kappa shape index (κ2) is 3.98. The highest BCUT2D eigenvalue weighted by Crippen LogP contribution is 2.22. The zero-order valence-electron chi connectivity index (χ0n) is 6.93. The van der Waals surface area contributed by atoms with E-state index in [9.17, 15) is 0 Å². The summed E-state index contributed by atoms with van der Waals surface area (Å²) >= 11 is 0. The van der Waals surface area contributed by atoms with Gasteiger partial charge in [0.05, 0.1) is 6.07 Å². The molecule has 0 amide bonds. The molecule has 1 heteroatoms. The molecule has 0 aliphatic heterocycles. The summed E-state index contributed by atoms with van der Waals surface area (Å²) in [6.45, 7) is 2.01. The largest absolute Gasteiger partial charge is 0.193 e. The summed E-state index contributed by atoms with van der Waals surface area (Å²) in [5.74, 6) is 0. The topological polar surface area (TPSA) is 23.8 Å². The Bertz CT molecular complexity index is 228. The van der Waals surface area contributed by atoms with E-state index in [0.717, 1.165) is 12.0 Å². The molecule has 0 spiro atoms. The predicted molar refractivity (Wildman–Crippen MR) is 45.9 cm³/mol. The van der Waals surface area contributed by atoms with Crippen molar-refractivity contribution in [2.24, 2.45) is 0 Å². The van der Waals surface area contributed by atoms with Crippen molar-refractivity contribution in [1.29, 1.82) is 5.26 Å². The molecule has 0 atom stereocenters. The number of hydrogen-bond acceptors (Lipinski definition) is 1. The van der Waals surface area contributed by atoms with Gasteiger partial charge in [-0.3, -0.25) is 0 Å². The van der Waals surface area contributed by atoms with Gasteiger partial charge in [0.2, 0.25) is 0 Å². The molecule has 1 aliphatic carbocycles. The molecule has 0 bridgehead atoms. The molecule has 1 rings (SSSR count). The number of nitriles is 1. The molecule has 0 radical (unpaired) electrons. The second-order valence-corrected chi connectivity index (χ2v) is 2.93. The first kappa shape index (κ1) is 8.07. The minimum atomic E-state index is 1.15. The first-order valence-electron chi connectivity index (χ1n) is 4.10. The monoisotopic (exact) mass is 147 g/mol. The van der Waals surface area contributed by atoms with Gasteiger partial charge in [0.25, 0.3) is 0 Å². The first-order chi connectivity index (χ1) is 5.34. The van der Waals surface area contributed by atoms with Crippen LogP contribution >= 0.6 is 0 Å². The van der Waals surface area contributed by atoms with Crippen molar-refractivity contribution in [1.82, 2.24) is 0 Å². The van der Waals surface area contributed by atoms with Gasteiger partial charge in [0.15, 0.2) is 0 Å². The molecule has 0 aromatic carbocycles. The van der Waals surface area contributed by atoms with Crippen molar-refractivity contribution in [2.75, 3.05) is 0 Å². The molecule has 0 N–H and O–H groups in total. The van der Waals surface area contributed by atoms with E-state index in [0.29, 0.717) is 0 Å². The van der Waals surface area contributed by atoms with Crippen LogP contribution in [0.5, 0.6) is 0 Å². The molecular weight excluding hydrogens is 134 g/mol. The zero-order valence-corrected chi connectivity index (χ0v) is 6.93. The van der Waals surface area contributed by atoms with Crippen LogP contribution < -0.4 is 0 Å². The first-order valence-corrected chi connectivity index (χ1v) is 4.10. The van der Waals surface area contributed by atoms with Crippen LogP contribution in [0.2, 0.25) is 0 Å². The third-order valence-corrected chi connectivity index (χ3v) is 2.08. The highest BCUT2D eigenvalue weighted by atomic mass is 14.2. The fourth-order valence-electron chi connectivity index (χ4n) is 1.39. The number of nitrogens with zero attached hydrogens (tertiary/aromatic N) is 1. The smallest absolute Gasteiger partial charge is 0.0914 e. The van der Waals surface area contributed by atoms with E-state index in [1.807, 2.05) is 6.92 Å². The van der Waals surface area contributed by atoms with Gasteiger partial charge in [-0.25, -0.2) is 0 Å². The van der Waals surface area contributed by atoms with Crippen molar-refractivity contribution < 1.29 is 0 Å². The van der Waals surface area contributed by atoms with E-state index in [4.69, 9.17) is 5.26 Å². The van der Waals surface area contributed by atoms with Gasteiger partial charge in [-0.05, 0) is 43.8 Å². The molecule has 1 nitrogen and oxygen atoms in total. The summed E-state index contributed by atoms with van der Waals surface area (Å²) in [5.41, 5.74) is 2.52. The van der Waals surface area contributed by atoms with Crippen molar-refractivity contribution >= 4 is 0 Å². The van der Waals surface area contributed by atoms with Crippen LogP contribution in [0.1, 0.15) is 32.6 Å². The summed E-state index contributed by atoms with van der Waals surface area (Å²) < 4.78 is 0. The minimum Gasteiger partial charge on any atom is -0.193 e. The molecule has 11 heavy (non-hydrogen) atoms. The maximum atomic E-state index is 8.41. The Morgan fingerprint density at radius 1 is 1.64 bits per heavy atom. The van der Waals surface area contributed by atoms with Gasteiger partial charge < -0.3 is 0 Å². The molecule has 0 fully saturated rings. The average Bonchev–Trinajstić information content (AvgIpc) is 2.07. The summed E-state index contributed by atoms with van der Waals surface area (Å²) in [6.07, 6.45) is 8.82. The third kappa shape index (κ3) is 2.23. The van der Waals surface area contributed by atoms with Crippen LogP contribution in [-0.4, -0.2) is 0 Å². The number of hydrogen-bond donors (Lipinski definition) is 0. The Balaban J connectivity index is 2.67. The highest BCUT2D eigenvalue weighted by Gasteiger charge is 2.03. The Morgan fingerprint density at radius 3 is 3.00 bits per heavy atom. The van der Waals surface area contributed by atoms with Gasteiger partial charge in [-0.1, -0.05) is 6.08 Å². The van der Waals surface area contributed by atoms with Crippen LogP contribution in [0.15, 0.2) is 23.3 Å². The van der Waals surface area contributed by atoms with Crippen molar-refractivity contribution in [2.45, 2.75) is 32.6 Å². The molecule has 0 saturated heterocycles. The molecule has 1 aliphatic rings. The van der Waals surface area contributed by atoms with Crippen LogP contribution in [0.25, 0.3) is 0 Å². The highest BCUT2D eigenvalue weighted by molar-refractivity contribution is 5.33. The lowest BCUT2D eigenvalue weighted by Gasteiger charge is -2.11. The van der Waals surface area contributed by atoms with E-state index >= 15 is 0 Å². The fraction of sp³-hybridized carbons (Fsp3) is 0.500. The maximum absolute atomic E-state index is 8.41. The lowest BCUT2D eigenvalue weighted by Crippen LogP contribution is -1.92. The van der Waals surface area contributed by atoms with E-state index in [2.05, 4.69) is 12.1 Å². The Hall–Kier alpha value is -1.03. The Labute approximate surface area is 68.0 Å². The summed E-state index contributed by atoms with van der Waals surface area (Å²) in [4.78, 5) is 0. The predicted octanol–water partition coefficient (Wildman–Crippen LogP) is 2.96. The van der Waals surface area contributed by atoms with Crippen LogP contribution in [-0.2, 0) is 0 Å². The quantitative estimate of drug-likeness (QED) is 0.523. The van der Waals surface area contributed by atoms with E-state index < -0.39 is 0 Å². The third-order valence-electron chi connectivity index (χ3n) is 2.08. The molecule has 58 valence electrons. The SMILES string of the molecule is C/C(=C\C#N)C1=CCCCC1. The van der Waals surface area contributed by atoms with Crippen molar-refractivity contribution in [3.05, 3.63) is 23.3 Å². The van der Waals surface area contributed by atoms with Gasteiger partial charge in [0.1, 0.15) is 0 Å². The van der Waals surface area contributed by atoms with Crippen molar-refractivity contribution in [3.63, 3.8) is 0 Å². The lowest BCUT2D eigenvalue weighted by atomic mass is 9.94. The Morgan fingerprint density at radius 2 is 2.45 bits per heavy atom. The molecule has 0 aromatic heterocycles. The molecular formula is C10H13N. The molecule has 0 saturated carbocycles. The standard InChI is InChI=1S/C10H13N/c1-9(7-8-11)10-5-3-2-4-6-10/h5,7H,2-4,6H2,1H3/b9-7+. The average molecular weight is 147 g/mol. The van der Waals surface area contributed by atoms with Gasteiger partial charge in [-0.15, -0.1) is 0 Å². The summed E-state index contributed by atoms with van der Waals surface area (Å²) in [6, 6.07) is 2.06. The molecule has 0 aromatic rings. The number of rotatable bonds is 1. The van der Waals surface area contributed by atoms with E-state index in [1.54, 1.807) is 6.08 Å². The van der Waals surface area contributed by atoms with Gasteiger partial charge in [-0.2, -0.15) is 5.26 Å². The van der Waals surface area contributed by atoms with E-state index in [1.165, 1.54) is 24.8 Å². The lowest BCUT2D eigenvalue weighted by molar-refractivity contribution is 0.706.